The summed E-state index contributed by atoms with van der Waals surface area (Å²) in [5.41, 5.74) is 6.19. The van der Waals surface area contributed by atoms with E-state index in [1.807, 2.05) is 67.6 Å². The van der Waals surface area contributed by atoms with Gasteiger partial charge in [-0.15, -0.1) is 10.2 Å². The number of nitrogens with zero attached hydrogens (tertiary/aromatic N) is 3. The van der Waals surface area contributed by atoms with Crippen molar-refractivity contribution in [1.29, 1.82) is 0 Å². The van der Waals surface area contributed by atoms with Gasteiger partial charge in [-0.05, 0) is 97.6 Å². The van der Waals surface area contributed by atoms with Crippen LogP contribution in [0.15, 0.2) is 83.3 Å². The molecule has 0 spiro atoms. The van der Waals surface area contributed by atoms with Crippen molar-refractivity contribution in [1.82, 2.24) is 15.0 Å². The highest BCUT2D eigenvalue weighted by Gasteiger charge is 2.10. The summed E-state index contributed by atoms with van der Waals surface area (Å²) in [6.07, 6.45) is 6.52. The highest BCUT2D eigenvalue weighted by Crippen LogP contribution is 2.25. The lowest BCUT2D eigenvalue weighted by Gasteiger charge is -2.05. The average Bonchev–Trinajstić information content (AvgIpc) is 3.54. The molecule has 0 bridgehead atoms. The predicted molar refractivity (Wildman–Crippen MR) is 149 cm³/mol. The number of carbonyl (C=O) groups excluding carboxylic acids is 1. The van der Waals surface area contributed by atoms with Crippen LogP contribution in [0, 0.1) is 6.92 Å². The van der Waals surface area contributed by atoms with E-state index in [1.165, 1.54) is 24.5 Å². The third-order valence-electron chi connectivity index (χ3n) is 6.13. The highest BCUT2D eigenvalue weighted by molar-refractivity contribution is 6.30. The first-order chi connectivity index (χ1) is 18.0. The molecule has 1 amide bonds. The van der Waals surface area contributed by atoms with Crippen molar-refractivity contribution >= 4 is 40.3 Å². The number of aromatic nitrogens is 3. The van der Waals surface area contributed by atoms with Crippen molar-refractivity contribution in [2.45, 2.75) is 33.1 Å². The van der Waals surface area contributed by atoms with Gasteiger partial charge in [-0.1, -0.05) is 37.1 Å². The molecule has 186 valence electrons. The number of unbranched alkanes of at least 4 members (excludes halogenated alkanes) is 1. The van der Waals surface area contributed by atoms with Gasteiger partial charge in [0.2, 0.25) is 5.91 Å². The largest absolute Gasteiger partial charge is 0.457 e. The molecule has 1 N–H and O–H groups in total. The van der Waals surface area contributed by atoms with E-state index in [-0.39, 0.29) is 5.91 Å². The van der Waals surface area contributed by atoms with Crippen LogP contribution in [0.1, 0.15) is 36.7 Å². The Morgan fingerprint density at radius 3 is 2.46 bits per heavy atom. The van der Waals surface area contributed by atoms with E-state index in [9.17, 15) is 4.79 Å². The quantitative estimate of drug-likeness (QED) is 0.218. The Hall–Kier alpha value is -4.16. The number of halogens is 1. The van der Waals surface area contributed by atoms with Crippen LogP contribution in [-0.4, -0.2) is 20.9 Å². The summed E-state index contributed by atoms with van der Waals surface area (Å²) in [5.74, 6) is 1.02. The van der Waals surface area contributed by atoms with Crippen LogP contribution >= 0.6 is 11.6 Å². The van der Waals surface area contributed by atoms with Gasteiger partial charge in [0.15, 0.2) is 0 Å². The molecule has 0 unspecified atom stereocenters. The maximum absolute atomic E-state index is 12.6. The van der Waals surface area contributed by atoms with E-state index < -0.39 is 0 Å². The second kappa shape index (κ2) is 10.8. The van der Waals surface area contributed by atoms with Crippen molar-refractivity contribution in [3.8, 4) is 17.0 Å². The molecule has 0 atom stereocenters. The zero-order chi connectivity index (χ0) is 25.8. The van der Waals surface area contributed by atoms with Crippen LogP contribution in [0.5, 0.6) is 0 Å². The zero-order valence-corrected chi connectivity index (χ0v) is 21.5. The number of rotatable bonds is 8. The van der Waals surface area contributed by atoms with Crippen LogP contribution in [-0.2, 0) is 11.2 Å². The minimum absolute atomic E-state index is 0.262. The Kier molecular flexibility index (Phi) is 7.19. The molecule has 0 saturated carbocycles. The Morgan fingerprint density at radius 1 is 1.00 bits per heavy atom. The topological polar surface area (TPSA) is 73.0 Å². The maximum Gasteiger partial charge on any atom is 0.248 e. The van der Waals surface area contributed by atoms with Gasteiger partial charge in [-0.2, -0.15) is 4.80 Å². The number of fused-ring (bicyclic) bond motifs is 1. The normalized spacial score (nSPS) is 11.4. The minimum atomic E-state index is -0.262. The third kappa shape index (κ3) is 5.81. The fourth-order valence-electron chi connectivity index (χ4n) is 4.04. The Balaban J connectivity index is 1.28. The summed E-state index contributed by atoms with van der Waals surface area (Å²) in [5, 5.41) is 12.9. The molecule has 37 heavy (non-hydrogen) atoms. The average molecular weight is 511 g/mol. The maximum atomic E-state index is 12.6. The van der Waals surface area contributed by atoms with Crippen LogP contribution in [0.4, 0.5) is 5.69 Å². The highest BCUT2D eigenvalue weighted by atomic mass is 35.5. The van der Waals surface area contributed by atoms with Crippen LogP contribution in [0.25, 0.3) is 34.1 Å². The molecular formula is C30H27ClN4O2. The Bertz CT molecular complexity index is 1560. The number of amides is 1. The van der Waals surface area contributed by atoms with E-state index in [4.69, 9.17) is 16.0 Å². The molecule has 6 nitrogen and oxygen atoms in total. The molecular weight excluding hydrogens is 484 g/mol. The molecule has 0 aliphatic rings. The summed E-state index contributed by atoms with van der Waals surface area (Å²) in [4.78, 5) is 14.3. The summed E-state index contributed by atoms with van der Waals surface area (Å²) >= 11 is 5.95. The lowest BCUT2D eigenvalue weighted by atomic mass is 10.1. The Labute approximate surface area is 220 Å². The van der Waals surface area contributed by atoms with Gasteiger partial charge in [0.25, 0.3) is 0 Å². The smallest absolute Gasteiger partial charge is 0.248 e. The lowest BCUT2D eigenvalue weighted by Crippen LogP contribution is -2.08. The monoisotopic (exact) mass is 510 g/mol. The van der Waals surface area contributed by atoms with Gasteiger partial charge in [0.05, 0.1) is 5.69 Å². The molecule has 5 aromatic rings. The number of hydrogen-bond acceptors (Lipinski definition) is 4. The van der Waals surface area contributed by atoms with E-state index in [1.54, 1.807) is 10.9 Å². The summed E-state index contributed by atoms with van der Waals surface area (Å²) in [6.45, 7) is 4.13. The second-order valence-corrected chi connectivity index (χ2v) is 9.38. The summed E-state index contributed by atoms with van der Waals surface area (Å²) < 4.78 is 5.83. The Morgan fingerprint density at radius 2 is 1.73 bits per heavy atom. The van der Waals surface area contributed by atoms with Gasteiger partial charge in [-0.25, -0.2) is 0 Å². The van der Waals surface area contributed by atoms with Crippen molar-refractivity contribution < 1.29 is 9.21 Å². The number of aryl methyl sites for hydroxylation is 2. The molecule has 0 saturated heterocycles. The van der Waals surface area contributed by atoms with Crippen LogP contribution in [0.3, 0.4) is 0 Å². The second-order valence-electron chi connectivity index (χ2n) is 8.95. The molecule has 0 aliphatic heterocycles. The van der Waals surface area contributed by atoms with Gasteiger partial charge in [0.1, 0.15) is 22.6 Å². The summed E-state index contributed by atoms with van der Waals surface area (Å²) in [6, 6.07) is 23.2. The van der Waals surface area contributed by atoms with Gasteiger partial charge >= 0.3 is 0 Å². The molecule has 7 heteroatoms. The van der Waals surface area contributed by atoms with E-state index in [0.29, 0.717) is 27.7 Å². The van der Waals surface area contributed by atoms with Crippen molar-refractivity contribution in [3.63, 3.8) is 0 Å². The summed E-state index contributed by atoms with van der Waals surface area (Å²) in [7, 11) is 0. The minimum Gasteiger partial charge on any atom is -0.457 e. The predicted octanol–water partition coefficient (Wildman–Crippen LogP) is 7.64. The third-order valence-corrected chi connectivity index (χ3v) is 6.38. The standard InChI is InChI=1S/C30H27ClN4O2/c1-3-4-5-21-6-12-24(13-7-21)35-33-27-18-20(2)26(19-28(27)34-35)32-30(36)17-15-25-14-16-29(37-25)22-8-10-23(31)11-9-22/h6-19H,3-5H2,1-2H3,(H,32,36)/b17-15+. The molecule has 2 heterocycles. The number of carbonyl (C=O) groups is 1. The van der Waals surface area contributed by atoms with Crippen molar-refractivity contribution in [2.75, 3.05) is 5.32 Å². The first-order valence-corrected chi connectivity index (χ1v) is 12.7. The van der Waals surface area contributed by atoms with Crippen molar-refractivity contribution in [3.05, 3.63) is 101 Å². The number of anilines is 1. The van der Waals surface area contributed by atoms with E-state index >= 15 is 0 Å². The van der Waals surface area contributed by atoms with E-state index in [2.05, 4.69) is 34.6 Å². The van der Waals surface area contributed by atoms with Crippen LogP contribution < -0.4 is 5.32 Å². The number of hydrogen-bond donors (Lipinski definition) is 1. The fraction of sp³-hybridized carbons (Fsp3) is 0.167. The van der Waals surface area contributed by atoms with Gasteiger partial charge in [0, 0.05) is 22.3 Å². The number of furan rings is 1. The lowest BCUT2D eigenvalue weighted by molar-refractivity contribution is -0.111. The number of benzene rings is 3. The van der Waals surface area contributed by atoms with Crippen molar-refractivity contribution in [2.24, 2.45) is 0 Å². The zero-order valence-electron chi connectivity index (χ0n) is 20.7. The van der Waals surface area contributed by atoms with E-state index in [0.717, 1.165) is 28.8 Å². The molecule has 0 fully saturated rings. The number of nitrogens with one attached hydrogen (secondary N) is 1. The first-order valence-electron chi connectivity index (χ1n) is 12.3. The molecule has 2 aromatic heterocycles. The SMILES string of the molecule is CCCCc1ccc(-n2nc3cc(C)c(NC(=O)/C=C/c4ccc(-c5ccc(Cl)cc5)o4)cc3n2)cc1. The van der Waals surface area contributed by atoms with Gasteiger partial charge < -0.3 is 9.73 Å². The van der Waals surface area contributed by atoms with Gasteiger partial charge in [-0.3, -0.25) is 4.79 Å². The fourth-order valence-corrected chi connectivity index (χ4v) is 4.16. The first kappa shape index (κ1) is 24.5. The molecule has 0 aliphatic carbocycles. The van der Waals surface area contributed by atoms with Crippen LogP contribution in [0.2, 0.25) is 5.02 Å². The molecule has 3 aromatic carbocycles. The molecule has 0 radical (unpaired) electrons. The molecule has 5 rings (SSSR count).